The molecule has 0 amide bonds. The van der Waals surface area contributed by atoms with Crippen LogP contribution >= 0.6 is 11.6 Å². The van der Waals surface area contributed by atoms with Gasteiger partial charge in [-0.2, -0.15) is 0 Å². The van der Waals surface area contributed by atoms with Crippen LogP contribution in [0.2, 0.25) is 0 Å². The van der Waals surface area contributed by atoms with Gasteiger partial charge in [-0.05, 0) is 32.1 Å². The number of rotatable bonds is 9. The zero-order valence-corrected chi connectivity index (χ0v) is 9.17. The number of unbranched alkanes of at least 4 members (excludes halogenated alkanes) is 2. The predicted molar refractivity (Wildman–Crippen MR) is 56.7 cm³/mol. The number of carboxylic acids is 1. The van der Waals surface area contributed by atoms with E-state index >= 15 is 0 Å². The molecule has 14 heavy (non-hydrogen) atoms. The molecule has 0 heterocycles. The summed E-state index contributed by atoms with van der Waals surface area (Å²) < 4.78 is 0. The standard InChI is InChI=1S/C10H19ClO3/c11-8-4-3-6-9(12)5-1-2-7-10(13)14/h9,12H,1-8H2,(H,13,14)/t9-/m0/s1. The molecule has 0 aliphatic heterocycles. The fraction of sp³-hybridized carbons (Fsp3) is 0.900. The average molecular weight is 223 g/mol. The molecule has 0 rings (SSSR count). The maximum atomic E-state index is 10.2. The van der Waals surface area contributed by atoms with Gasteiger partial charge in [-0.15, -0.1) is 11.6 Å². The quantitative estimate of drug-likeness (QED) is 0.465. The van der Waals surface area contributed by atoms with Crippen LogP contribution in [0.3, 0.4) is 0 Å². The predicted octanol–water partition coefficient (Wildman–Crippen LogP) is 2.40. The molecule has 0 bridgehead atoms. The Morgan fingerprint density at radius 2 is 1.71 bits per heavy atom. The molecular weight excluding hydrogens is 204 g/mol. The van der Waals surface area contributed by atoms with Crippen LogP contribution < -0.4 is 0 Å². The Morgan fingerprint density at radius 1 is 1.14 bits per heavy atom. The molecule has 3 nitrogen and oxygen atoms in total. The average Bonchev–Trinajstić information content (AvgIpc) is 2.13. The Hall–Kier alpha value is -0.280. The molecule has 0 unspecified atom stereocenters. The summed E-state index contributed by atoms with van der Waals surface area (Å²) in [5.74, 6) is -0.118. The third kappa shape index (κ3) is 9.81. The number of alkyl halides is 1. The van der Waals surface area contributed by atoms with Gasteiger partial charge in [0, 0.05) is 12.3 Å². The van der Waals surface area contributed by atoms with E-state index in [0.717, 1.165) is 25.7 Å². The van der Waals surface area contributed by atoms with Crippen molar-refractivity contribution in [3.63, 3.8) is 0 Å². The zero-order chi connectivity index (χ0) is 10.8. The number of aliphatic hydroxyl groups excluding tert-OH is 1. The van der Waals surface area contributed by atoms with E-state index in [0.29, 0.717) is 18.7 Å². The van der Waals surface area contributed by atoms with E-state index in [1.807, 2.05) is 0 Å². The molecule has 0 aromatic carbocycles. The minimum absolute atomic E-state index is 0.203. The van der Waals surface area contributed by atoms with Crippen molar-refractivity contribution in [2.75, 3.05) is 5.88 Å². The highest BCUT2D eigenvalue weighted by Gasteiger charge is 2.04. The third-order valence-electron chi connectivity index (χ3n) is 2.10. The Labute approximate surface area is 90.1 Å². The molecule has 0 aliphatic rings. The molecule has 0 aliphatic carbocycles. The van der Waals surface area contributed by atoms with Gasteiger partial charge in [-0.1, -0.05) is 6.42 Å². The van der Waals surface area contributed by atoms with Gasteiger partial charge in [0.05, 0.1) is 6.10 Å². The van der Waals surface area contributed by atoms with Crippen molar-refractivity contribution in [3.05, 3.63) is 0 Å². The molecule has 1 atom stereocenters. The van der Waals surface area contributed by atoms with Crippen LogP contribution in [-0.2, 0) is 4.79 Å². The highest BCUT2D eigenvalue weighted by molar-refractivity contribution is 6.17. The lowest BCUT2D eigenvalue weighted by Gasteiger charge is -2.08. The van der Waals surface area contributed by atoms with Crippen LogP contribution in [0, 0.1) is 0 Å². The van der Waals surface area contributed by atoms with E-state index in [2.05, 4.69) is 0 Å². The number of carbonyl (C=O) groups is 1. The summed E-state index contributed by atoms with van der Waals surface area (Å²) in [5, 5.41) is 17.8. The van der Waals surface area contributed by atoms with E-state index in [9.17, 15) is 9.90 Å². The number of carboxylic acid groups (broad SMARTS) is 1. The van der Waals surface area contributed by atoms with Crippen LogP contribution in [0.1, 0.15) is 44.9 Å². The monoisotopic (exact) mass is 222 g/mol. The summed E-state index contributed by atoms with van der Waals surface area (Å²) in [4.78, 5) is 10.2. The second-order valence-electron chi connectivity index (χ2n) is 3.48. The van der Waals surface area contributed by atoms with E-state index in [1.165, 1.54) is 0 Å². The Balaban J connectivity index is 3.18. The first-order chi connectivity index (χ1) is 6.66. The van der Waals surface area contributed by atoms with Crippen LogP contribution in [-0.4, -0.2) is 28.2 Å². The molecule has 0 saturated heterocycles. The second-order valence-corrected chi connectivity index (χ2v) is 3.86. The largest absolute Gasteiger partial charge is 0.481 e. The molecule has 4 heteroatoms. The van der Waals surface area contributed by atoms with Crippen molar-refractivity contribution in [2.45, 2.75) is 51.0 Å². The smallest absolute Gasteiger partial charge is 0.303 e. The molecule has 0 aromatic heterocycles. The molecule has 0 fully saturated rings. The summed E-state index contributed by atoms with van der Waals surface area (Å²) in [6.45, 7) is 0. The molecule has 84 valence electrons. The van der Waals surface area contributed by atoms with Gasteiger partial charge in [0.25, 0.3) is 0 Å². The van der Waals surface area contributed by atoms with E-state index < -0.39 is 5.97 Å². The first-order valence-corrected chi connectivity index (χ1v) is 5.66. The normalized spacial score (nSPS) is 12.7. The Kier molecular flexibility index (Phi) is 9.10. The number of aliphatic carboxylic acids is 1. The number of halogens is 1. The molecule has 0 radical (unpaired) electrons. The van der Waals surface area contributed by atoms with Crippen molar-refractivity contribution in [1.29, 1.82) is 0 Å². The van der Waals surface area contributed by atoms with Crippen molar-refractivity contribution < 1.29 is 15.0 Å². The number of hydrogen-bond acceptors (Lipinski definition) is 2. The van der Waals surface area contributed by atoms with Crippen LogP contribution in [0.5, 0.6) is 0 Å². The van der Waals surface area contributed by atoms with Gasteiger partial charge in [-0.25, -0.2) is 0 Å². The molecule has 0 spiro atoms. The maximum absolute atomic E-state index is 10.2. The first kappa shape index (κ1) is 13.7. The van der Waals surface area contributed by atoms with Crippen LogP contribution in [0.15, 0.2) is 0 Å². The van der Waals surface area contributed by atoms with Crippen molar-refractivity contribution in [2.24, 2.45) is 0 Å². The topological polar surface area (TPSA) is 57.5 Å². The number of hydrogen-bond donors (Lipinski definition) is 2. The summed E-state index contributed by atoms with van der Waals surface area (Å²) in [6, 6.07) is 0. The second kappa shape index (κ2) is 9.28. The van der Waals surface area contributed by atoms with E-state index in [1.54, 1.807) is 0 Å². The Morgan fingerprint density at radius 3 is 2.21 bits per heavy atom. The van der Waals surface area contributed by atoms with Gasteiger partial charge in [0.15, 0.2) is 0 Å². The van der Waals surface area contributed by atoms with Gasteiger partial charge in [0.2, 0.25) is 0 Å². The summed E-state index contributed by atoms with van der Waals surface area (Å²) in [7, 11) is 0. The summed E-state index contributed by atoms with van der Waals surface area (Å²) in [5.41, 5.74) is 0. The third-order valence-corrected chi connectivity index (χ3v) is 2.37. The lowest BCUT2D eigenvalue weighted by molar-refractivity contribution is -0.137. The minimum Gasteiger partial charge on any atom is -0.481 e. The van der Waals surface area contributed by atoms with E-state index in [-0.39, 0.29) is 12.5 Å². The lowest BCUT2D eigenvalue weighted by Crippen LogP contribution is -2.06. The molecule has 0 saturated carbocycles. The molecule has 0 aromatic rings. The summed E-state index contributed by atoms with van der Waals surface area (Å²) in [6.07, 6.45) is 4.73. The zero-order valence-electron chi connectivity index (χ0n) is 8.41. The fourth-order valence-corrected chi connectivity index (χ4v) is 1.46. The summed E-state index contributed by atoms with van der Waals surface area (Å²) >= 11 is 5.50. The van der Waals surface area contributed by atoms with Crippen molar-refractivity contribution in [3.8, 4) is 0 Å². The fourth-order valence-electron chi connectivity index (χ4n) is 1.27. The number of aliphatic hydroxyl groups is 1. The van der Waals surface area contributed by atoms with Crippen LogP contribution in [0.25, 0.3) is 0 Å². The maximum Gasteiger partial charge on any atom is 0.303 e. The van der Waals surface area contributed by atoms with Crippen LogP contribution in [0.4, 0.5) is 0 Å². The van der Waals surface area contributed by atoms with Crippen molar-refractivity contribution in [1.82, 2.24) is 0 Å². The van der Waals surface area contributed by atoms with E-state index in [4.69, 9.17) is 16.7 Å². The van der Waals surface area contributed by atoms with Gasteiger partial charge < -0.3 is 10.2 Å². The SMILES string of the molecule is O=C(O)CCCC[C@H](O)CCCCCl. The highest BCUT2D eigenvalue weighted by atomic mass is 35.5. The first-order valence-electron chi connectivity index (χ1n) is 5.12. The van der Waals surface area contributed by atoms with Gasteiger partial charge in [-0.3, -0.25) is 4.79 Å². The molecule has 2 N–H and O–H groups in total. The molecular formula is C10H19ClO3. The lowest BCUT2D eigenvalue weighted by atomic mass is 10.1. The minimum atomic E-state index is -0.762. The van der Waals surface area contributed by atoms with Gasteiger partial charge in [0.1, 0.15) is 0 Å². The highest BCUT2D eigenvalue weighted by Crippen LogP contribution is 2.09. The van der Waals surface area contributed by atoms with Gasteiger partial charge >= 0.3 is 5.97 Å². The van der Waals surface area contributed by atoms with Crippen molar-refractivity contribution >= 4 is 17.6 Å². The Bertz CT molecular complexity index is 150.